The van der Waals surface area contributed by atoms with Crippen LogP contribution in [0.4, 0.5) is 0 Å². The molecule has 0 rings (SSSR count). The molecule has 5 heteroatoms. The molecule has 35 valence electrons. The molecule has 3 nitrogen and oxygen atoms in total. The minimum Gasteiger partial charge on any atom is -2.00 e. The summed E-state index contributed by atoms with van der Waals surface area (Å²) in [5.41, 5.74) is 0. The summed E-state index contributed by atoms with van der Waals surface area (Å²) in [7, 11) is 0. The monoisotopic (exact) mass is 297 g/mol. The molecule has 1 radical (unpaired) electrons. The fourth-order valence-electron chi connectivity index (χ4n) is 0. The first kappa shape index (κ1) is 123. The van der Waals surface area contributed by atoms with E-state index in [1.165, 1.54) is 0 Å². The van der Waals surface area contributed by atoms with E-state index in [0.29, 0.717) is 0 Å². The Kier molecular flexibility index (Phi) is 1640. The Bertz CT molecular complexity index is 6.85. The van der Waals surface area contributed by atoms with Crippen molar-refractivity contribution in [3.63, 3.8) is 0 Å². The Morgan fingerprint density at radius 2 is 0.600 bits per heavy atom. The average molecular weight is 297 g/mol. The van der Waals surface area contributed by atoms with E-state index in [-0.39, 0.29) is 56.2 Å². The van der Waals surface area contributed by atoms with Crippen LogP contribution in [0.1, 0.15) is 0 Å². The third-order valence-corrected chi connectivity index (χ3v) is 0. The summed E-state index contributed by atoms with van der Waals surface area (Å²) in [6, 6.07) is 0. The maximum absolute atomic E-state index is 0. The van der Waals surface area contributed by atoms with Crippen LogP contribution in [0.2, 0.25) is 0 Å². The second kappa shape index (κ2) is 66.9. The quantitative estimate of drug-likeness (QED) is 0.547. The van der Waals surface area contributed by atoms with Crippen molar-refractivity contribution in [1.82, 2.24) is 0 Å². The number of hydrogen-bond acceptors (Lipinski definition) is 0. The second-order valence-electron chi connectivity index (χ2n) is 0. The second-order valence-corrected chi connectivity index (χ2v) is 0. The molecule has 0 saturated carbocycles. The molecule has 0 unspecified atom stereocenters. The van der Waals surface area contributed by atoms with Gasteiger partial charge in [0.1, 0.15) is 0 Å². The van der Waals surface area contributed by atoms with Crippen molar-refractivity contribution in [3.05, 3.63) is 0 Å². The molecular formula is AuCrO3. The van der Waals surface area contributed by atoms with E-state index in [1.807, 2.05) is 0 Å². The minimum atomic E-state index is 0. The third-order valence-electron chi connectivity index (χ3n) is 0. The topological polar surface area (TPSA) is 85.5 Å². The van der Waals surface area contributed by atoms with E-state index in [4.69, 9.17) is 0 Å². The van der Waals surface area contributed by atoms with Gasteiger partial charge in [-0.05, 0) is 0 Å². The molecule has 0 aromatic rings. The van der Waals surface area contributed by atoms with Gasteiger partial charge >= 0.3 is 39.7 Å². The zero-order valence-corrected chi connectivity index (χ0v) is 5.38. The third kappa shape index (κ3) is 38.5. The predicted molar refractivity (Wildman–Crippen MR) is 2.06 cm³/mol. The van der Waals surface area contributed by atoms with Crippen LogP contribution >= 0.6 is 0 Å². The van der Waals surface area contributed by atoms with Crippen LogP contribution in [-0.4, -0.2) is 0 Å². The first-order chi connectivity index (χ1) is 0. The zero-order valence-electron chi connectivity index (χ0n) is 1.93. The van der Waals surface area contributed by atoms with Crippen molar-refractivity contribution in [1.29, 1.82) is 0 Å². The molecule has 0 aromatic carbocycles. The van der Waals surface area contributed by atoms with Crippen LogP contribution in [0.3, 0.4) is 0 Å². The molecule has 0 aliphatic heterocycles. The summed E-state index contributed by atoms with van der Waals surface area (Å²) < 4.78 is 0. The molecule has 0 N–H and O–H groups in total. The molecule has 0 amide bonds. The van der Waals surface area contributed by atoms with Crippen LogP contribution in [0.25, 0.3) is 0 Å². The summed E-state index contributed by atoms with van der Waals surface area (Å²) in [5.74, 6) is 0. The zero-order chi connectivity index (χ0) is 0. The van der Waals surface area contributed by atoms with Crippen molar-refractivity contribution >= 4 is 0 Å². The average Bonchev–Trinajstić information content (AvgIpc) is 0. The molecule has 0 atom stereocenters. The molecular weight excluding hydrogens is 297 g/mol. The standard InChI is InChI=1S/Au.Cr.3O/q2*+3;3*-2. The van der Waals surface area contributed by atoms with E-state index in [2.05, 4.69) is 0 Å². The maximum atomic E-state index is 0. The molecule has 0 spiro atoms. The first-order valence-corrected chi connectivity index (χ1v) is 0. The van der Waals surface area contributed by atoms with Gasteiger partial charge in [0, 0.05) is 0 Å². The van der Waals surface area contributed by atoms with Crippen LogP contribution < -0.4 is 0 Å². The molecule has 0 aliphatic rings. The largest absolute Gasteiger partial charge is 3.00 e. The van der Waals surface area contributed by atoms with Crippen molar-refractivity contribution in [2.75, 3.05) is 0 Å². The summed E-state index contributed by atoms with van der Waals surface area (Å²) in [6.07, 6.45) is 0. The van der Waals surface area contributed by atoms with Gasteiger partial charge in [-0.25, -0.2) is 0 Å². The summed E-state index contributed by atoms with van der Waals surface area (Å²) in [6.45, 7) is 0. The molecule has 0 saturated heterocycles. The summed E-state index contributed by atoms with van der Waals surface area (Å²) in [4.78, 5) is 0. The normalized spacial score (nSPS) is 0. The Morgan fingerprint density at radius 1 is 0.600 bits per heavy atom. The van der Waals surface area contributed by atoms with E-state index >= 15 is 0 Å². The smallest absolute Gasteiger partial charge is 2.00 e. The first-order valence-electron chi connectivity index (χ1n) is 0. The van der Waals surface area contributed by atoms with Crippen LogP contribution in [0.15, 0.2) is 0 Å². The van der Waals surface area contributed by atoms with Gasteiger partial charge in [-0.15, -0.1) is 0 Å². The summed E-state index contributed by atoms with van der Waals surface area (Å²) >= 11 is 0. The van der Waals surface area contributed by atoms with E-state index < -0.39 is 0 Å². The van der Waals surface area contributed by atoms with Gasteiger partial charge in [0.05, 0.1) is 0 Å². The van der Waals surface area contributed by atoms with Gasteiger partial charge in [0.2, 0.25) is 0 Å². The van der Waals surface area contributed by atoms with E-state index in [0.717, 1.165) is 0 Å². The Hall–Kier alpha value is 1.15. The molecule has 5 heavy (non-hydrogen) atoms. The van der Waals surface area contributed by atoms with Crippen LogP contribution in [0, 0.1) is 0 Å². The van der Waals surface area contributed by atoms with E-state index in [9.17, 15) is 0 Å². The number of rotatable bonds is 0. The van der Waals surface area contributed by atoms with Crippen LogP contribution in [0.5, 0.6) is 0 Å². The van der Waals surface area contributed by atoms with E-state index in [1.54, 1.807) is 0 Å². The summed E-state index contributed by atoms with van der Waals surface area (Å²) in [5, 5.41) is 0. The molecule has 0 aromatic heterocycles. The number of hydrogen-bond donors (Lipinski definition) is 0. The predicted octanol–water partition coefficient (Wildman–Crippen LogP) is -0.361. The van der Waals surface area contributed by atoms with Gasteiger partial charge in [-0.1, -0.05) is 0 Å². The Morgan fingerprint density at radius 3 is 0.600 bits per heavy atom. The van der Waals surface area contributed by atoms with Crippen molar-refractivity contribution in [2.45, 2.75) is 0 Å². The SMILES string of the molecule is [Au+3].[Cr+3].[O-2].[O-2].[O-2]. The van der Waals surface area contributed by atoms with Gasteiger partial charge in [0.15, 0.2) is 0 Å². The molecule has 0 aliphatic carbocycles. The molecule has 0 heterocycles. The van der Waals surface area contributed by atoms with Crippen LogP contribution in [-0.2, 0) is 56.2 Å². The van der Waals surface area contributed by atoms with Crippen molar-refractivity contribution < 1.29 is 56.2 Å². The van der Waals surface area contributed by atoms with Gasteiger partial charge in [0.25, 0.3) is 0 Å². The van der Waals surface area contributed by atoms with Crippen molar-refractivity contribution in [2.24, 2.45) is 0 Å². The molecule has 0 bridgehead atoms. The molecule has 0 fully saturated rings. The van der Waals surface area contributed by atoms with Gasteiger partial charge in [-0.2, -0.15) is 0 Å². The Labute approximate surface area is 56.3 Å². The maximum Gasteiger partial charge on any atom is 3.00 e. The fraction of sp³-hybridized carbons (Fsp3) is 0. The fourth-order valence-corrected chi connectivity index (χ4v) is 0. The van der Waals surface area contributed by atoms with Crippen molar-refractivity contribution in [3.8, 4) is 0 Å². The van der Waals surface area contributed by atoms with Gasteiger partial charge < -0.3 is 16.4 Å². The Balaban J connectivity index is 0. The minimum absolute atomic E-state index is 0. The van der Waals surface area contributed by atoms with Gasteiger partial charge in [-0.3, -0.25) is 0 Å².